The van der Waals surface area contributed by atoms with Gasteiger partial charge in [-0.25, -0.2) is 14.2 Å². The third kappa shape index (κ3) is 5.96. The Bertz CT molecular complexity index is 953. The van der Waals surface area contributed by atoms with Gasteiger partial charge in [0.15, 0.2) is 5.92 Å². The van der Waals surface area contributed by atoms with Gasteiger partial charge in [-0.05, 0) is 45.4 Å². The van der Waals surface area contributed by atoms with Crippen LogP contribution in [0.25, 0.3) is 11.1 Å². The van der Waals surface area contributed by atoms with Crippen molar-refractivity contribution in [2.45, 2.75) is 33.3 Å². The maximum atomic E-state index is 13.2. The highest BCUT2D eigenvalue weighted by Gasteiger charge is 2.25. The molecule has 2 aromatic rings. The summed E-state index contributed by atoms with van der Waals surface area (Å²) in [7, 11) is 0. The highest BCUT2D eigenvalue weighted by atomic mass is 32.1. The zero-order valence-electron chi connectivity index (χ0n) is 16.6. The van der Waals surface area contributed by atoms with E-state index in [1.54, 1.807) is 45.2 Å². The van der Waals surface area contributed by atoms with Crippen LogP contribution >= 0.6 is 11.3 Å². The van der Waals surface area contributed by atoms with Crippen LogP contribution in [0.4, 0.5) is 9.39 Å². The first kappa shape index (κ1) is 22.2. The van der Waals surface area contributed by atoms with Crippen molar-refractivity contribution in [3.63, 3.8) is 0 Å². The van der Waals surface area contributed by atoms with Gasteiger partial charge in [0.25, 0.3) is 0 Å². The smallest absolute Gasteiger partial charge is 0.341 e. The monoisotopic (exact) mass is 416 g/mol. The Balaban J connectivity index is 2.40. The molecule has 0 bridgehead atoms. The Labute approximate surface area is 172 Å². The summed E-state index contributed by atoms with van der Waals surface area (Å²) in [5.41, 5.74) is 0.609. The number of nitrogens with zero attached hydrogens (tertiary/aromatic N) is 2. The Kier molecular flexibility index (Phi) is 7.23. The third-order valence-electron chi connectivity index (χ3n) is 3.55. The largest absolute Gasteiger partial charge is 0.462 e. The SMILES string of the molecule is CCOC(=O)c1c(-c2ccc(F)cc2)csc1N=CC(C#N)C(=O)OC(C)(C)C. The summed E-state index contributed by atoms with van der Waals surface area (Å²) in [6.07, 6.45) is 1.15. The average molecular weight is 416 g/mol. The van der Waals surface area contributed by atoms with Gasteiger partial charge in [0.2, 0.25) is 0 Å². The van der Waals surface area contributed by atoms with Crippen molar-refractivity contribution in [2.24, 2.45) is 10.9 Å². The van der Waals surface area contributed by atoms with Gasteiger partial charge in [-0.2, -0.15) is 5.26 Å². The lowest BCUT2D eigenvalue weighted by atomic mass is 10.0. The summed E-state index contributed by atoms with van der Waals surface area (Å²) in [5.74, 6) is -2.93. The summed E-state index contributed by atoms with van der Waals surface area (Å²) in [4.78, 5) is 28.8. The number of halogens is 1. The van der Waals surface area contributed by atoms with Crippen LogP contribution in [0.2, 0.25) is 0 Å². The molecule has 0 fully saturated rings. The number of hydrogen-bond donors (Lipinski definition) is 0. The minimum Gasteiger partial charge on any atom is -0.462 e. The first-order chi connectivity index (χ1) is 13.7. The van der Waals surface area contributed by atoms with E-state index in [0.717, 1.165) is 17.6 Å². The molecule has 0 aliphatic heterocycles. The van der Waals surface area contributed by atoms with E-state index in [2.05, 4.69) is 4.99 Å². The van der Waals surface area contributed by atoms with Crippen LogP contribution in [0.1, 0.15) is 38.1 Å². The first-order valence-corrected chi connectivity index (χ1v) is 9.75. The molecule has 0 N–H and O–H groups in total. The number of aliphatic imine (C=N–C) groups is 1. The second-order valence-electron chi connectivity index (χ2n) is 6.98. The van der Waals surface area contributed by atoms with Gasteiger partial charge in [-0.3, -0.25) is 4.79 Å². The highest BCUT2D eigenvalue weighted by molar-refractivity contribution is 7.14. The zero-order chi connectivity index (χ0) is 21.6. The third-order valence-corrected chi connectivity index (χ3v) is 4.43. The van der Waals surface area contributed by atoms with E-state index in [1.807, 2.05) is 6.07 Å². The maximum Gasteiger partial charge on any atom is 0.341 e. The van der Waals surface area contributed by atoms with Crippen LogP contribution in [-0.4, -0.2) is 30.4 Å². The van der Waals surface area contributed by atoms with E-state index in [-0.39, 0.29) is 17.2 Å². The molecule has 0 aliphatic rings. The number of carbonyl (C=O) groups is 2. The lowest BCUT2D eigenvalue weighted by Crippen LogP contribution is -2.28. The van der Waals surface area contributed by atoms with Crippen molar-refractivity contribution in [1.82, 2.24) is 0 Å². The summed E-state index contributed by atoms with van der Waals surface area (Å²) < 4.78 is 23.6. The molecule has 0 saturated heterocycles. The molecule has 1 aromatic heterocycles. The Morgan fingerprint density at radius 2 is 1.97 bits per heavy atom. The van der Waals surface area contributed by atoms with Crippen LogP contribution in [0.5, 0.6) is 0 Å². The molecule has 1 heterocycles. The fourth-order valence-corrected chi connectivity index (χ4v) is 3.26. The van der Waals surface area contributed by atoms with Crippen molar-refractivity contribution in [1.29, 1.82) is 5.26 Å². The Hall–Kier alpha value is -3.05. The Morgan fingerprint density at radius 3 is 2.52 bits per heavy atom. The predicted octanol–water partition coefficient (Wildman–Crippen LogP) is 4.91. The van der Waals surface area contributed by atoms with Crippen LogP contribution in [0.15, 0.2) is 34.6 Å². The second kappa shape index (κ2) is 9.43. The minimum atomic E-state index is -1.22. The zero-order valence-corrected chi connectivity index (χ0v) is 17.4. The molecule has 152 valence electrons. The van der Waals surface area contributed by atoms with E-state index < -0.39 is 29.3 Å². The minimum absolute atomic E-state index is 0.166. The molecule has 0 saturated carbocycles. The molecule has 0 spiro atoms. The van der Waals surface area contributed by atoms with E-state index in [1.165, 1.54) is 12.1 Å². The van der Waals surface area contributed by atoms with E-state index in [0.29, 0.717) is 11.1 Å². The fraction of sp³-hybridized carbons (Fsp3) is 0.333. The number of carbonyl (C=O) groups excluding carboxylic acids is 2. The van der Waals surface area contributed by atoms with Crippen molar-refractivity contribution >= 4 is 34.5 Å². The molecule has 0 radical (unpaired) electrons. The van der Waals surface area contributed by atoms with E-state index >= 15 is 0 Å². The molecule has 0 aliphatic carbocycles. The summed E-state index contributed by atoms with van der Waals surface area (Å²) in [5, 5.41) is 11.3. The van der Waals surface area contributed by atoms with Gasteiger partial charge >= 0.3 is 11.9 Å². The van der Waals surface area contributed by atoms with Crippen LogP contribution < -0.4 is 0 Å². The van der Waals surface area contributed by atoms with E-state index in [9.17, 15) is 19.2 Å². The normalized spacial score (nSPS) is 12.4. The quantitative estimate of drug-likeness (QED) is 0.493. The lowest BCUT2D eigenvalue weighted by molar-refractivity contribution is -0.155. The Morgan fingerprint density at radius 1 is 1.31 bits per heavy atom. The molecule has 6 nitrogen and oxygen atoms in total. The van der Waals surface area contributed by atoms with Gasteiger partial charge in [0.05, 0.1) is 12.7 Å². The molecule has 1 aromatic carbocycles. The molecular weight excluding hydrogens is 395 g/mol. The fourth-order valence-electron chi connectivity index (χ4n) is 2.34. The summed E-state index contributed by atoms with van der Waals surface area (Å²) in [6.45, 7) is 6.94. The van der Waals surface area contributed by atoms with Gasteiger partial charge < -0.3 is 9.47 Å². The maximum absolute atomic E-state index is 13.2. The van der Waals surface area contributed by atoms with Gasteiger partial charge in [0, 0.05) is 17.2 Å². The molecule has 8 heteroatoms. The van der Waals surface area contributed by atoms with Gasteiger partial charge in [0.1, 0.15) is 22.0 Å². The molecule has 29 heavy (non-hydrogen) atoms. The van der Waals surface area contributed by atoms with Crippen molar-refractivity contribution < 1.29 is 23.5 Å². The number of thiophene rings is 1. The molecular formula is C21H21FN2O4S. The van der Waals surface area contributed by atoms with Crippen molar-refractivity contribution in [2.75, 3.05) is 6.61 Å². The molecule has 2 rings (SSSR count). The highest BCUT2D eigenvalue weighted by Crippen LogP contribution is 2.38. The van der Waals surface area contributed by atoms with E-state index in [4.69, 9.17) is 9.47 Å². The number of esters is 2. The number of benzene rings is 1. The first-order valence-electron chi connectivity index (χ1n) is 8.87. The predicted molar refractivity (Wildman–Crippen MR) is 109 cm³/mol. The van der Waals surface area contributed by atoms with Gasteiger partial charge in [-0.15, -0.1) is 11.3 Å². The van der Waals surface area contributed by atoms with Crippen LogP contribution in [0.3, 0.4) is 0 Å². The van der Waals surface area contributed by atoms with Crippen molar-refractivity contribution in [3.8, 4) is 17.2 Å². The number of ether oxygens (including phenoxy) is 2. The second-order valence-corrected chi connectivity index (χ2v) is 7.83. The standard InChI is InChI=1S/C21H21FN2O4S/c1-5-27-20(26)17-16(13-6-8-15(22)9-7-13)12-29-18(17)24-11-14(10-23)19(25)28-21(2,3)4/h6-9,11-12,14H,5H2,1-4H3. The topological polar surface area (TPSA) is 88.8 Å². The summed E-state index contributed by atoms with van der Waals surface area (Å²) >= 11 is 1.15. The molecule has 0 amide bonds. The number of rotatable bonds is 6. The van der Waals surface area contributed by atoms with Crippen LogP contribution in [-0.2, 0) is 14.3 Å². The summed E-state index contributed by atoms with van der Waals surface area (Å²) in [6, 6.07) is 7.51. The average Bonchev–Trinajstić information content (AvgIpc) is 3.05. The number of hydrogen-bond acceptors (Lipinski definition) is 7. The van der Waals surface area contributed by atoms with Crippen molar-refractivity contribution in [3.05, 3.63) is 41.0 Å². The van der Waals surface area contributed by atoms with Crippen LogP contribution in [0, 0.1) is 23.1 Å². The number of nitriles is 1. The molecule has 1 atom stereocenters. The van der Waals surface area contributed by atoms with Gasteiger partial charge in [-0.1, -0.05) is 12.1 Å². The molecule has 1 unspecified atom stereocenters. The lowest BCUT2D eigenvalue weighted by Gasteiger charge is -2.20.